The van der Waals surface area contributed by atoms with E-state index in [4.69, 9.17) is 4.74 Å². The van der Waals surface area contributed by atoms with Gasteiger partial charge in [0, 0.05) is 5.70 Å². The molecule has 1 heterocycles. The minimum absolute atomic E-state index is 0.0953. The highest BCUT2D eigenvalue weighted by atomic mass is 19.1. The van der Waals surface area contributed by atoms with Crippen molar-refractivity contribution < 1.29 is 18.7 Å². The third-order valence-corrected chi connectivity index (χ3v) is 5.09. The Bertz CT molecular complexity index is 666. The van der Waals surface area contributed by atoms with Gasteiger partial charge in [-0.1, -0.05) is 38.0 Å². The van der Waals surface area contributed by atoms with Crippen LogP contribution in [0.15, 0.2) is 36.5 Å². The Balaban J connectivity index is 1.76. The molecule has 2 aliphatic rings. The first-order valence-corrected chi connectivity index (χ1v) is 9.27. The lowest BCUT2D eigenvalue weighted by Crippen LogP contribution is -2.51. The zero-order chi connectivity index (χ0) is 18.5. The fraction of sp³-hybridized carbons (Fsp3) is 0.500. The van der Waals surface area contributed by atoms with E-state index in [-0.39, 0.29) is 11.9 Å². The summed E-state index contributed by atoms with van der Waals surface area (Å²) in [5, 5.41) is 5.30. The maximum Gasteiger partial charge on any atom is 0.319 e. The van der Waals surface area contributed by atoms with Gasteiger partial charge >= 0.3 is 12.0 Å². The number of carbonyl (C=O) groups is 2. The number of hydrogen-bond acceptors (Lipinski definition) is 3. The second kappa shape index (κ2) is 8.34. The van der Waals surface area contributed by atoms with Crippen molar-refractivity contribution in [1.29, 1.82) is 0 Å². The molecule has 26 heavy (non-hydrogen) atoms. The lowest BCUT2D eigenvalue weighted by atomic mass is 9.89. The normalized spacial score (nSPS) is 24.8. The van der Waals surface area contributed by atoms with Crippen LogP contribution in [0.4, 0.5) is 9.18 Å². The number of ether oxygens (including phenoxy) is 1. The first kappa shape index (κ1) is 18.4. The molecule has 2 unspecified atom stereocenters. The lowest BCUT2D eigenvalue weighted by molar-refractivity contribution is -0.155. The SMILES string of the molecule is C=C1NC(=O)NC(c2ccc(F)cc2)C1C(=O)OC1CCCCCCC1. The third-order valence-electron chi connectivity index (χ3n) is 5.09. The Morgan fingerprint density at radius 3 is 2.35 bits per heavy atom. The number of nitrogens with one attached hydrogen (secondary N) is 2. The van der Waals surface area contributed by atoms with E-state index in [1.807, 2.05) is 0 Å². The van der Waals surface area contributed by atoms with Crippen LogP contribution in [0, 0.1) is 11.7 Å². The molecule has 2 fully saturated rings. The molecule has 1 saturated carbocycles. The van der Waals surface area contributed by atoms with Crippen molar-refractivity contribution in [3.05, 3.63) is 47.9 Å². The molecule has 1 aromatic carbocycles. The fourth-order valence-electron chi connectivity index (χ4n) is 3.68. The van der Waals surface area contributed by atoms with Crippen LogP contribution >= 0.6 is 0 Å². The first-order chi connectivity index (χ1) is 12.5. The molecule has 1 aromatic rings. The van der Waals surface area contributed by atoms with E-state index in [2.05, 4.69) is 17.2 Å². The predicted octanol–water partition coefficient (Wildman–Crippen LogP) is 3.97. The lowest BCUT2D eigenvalue weighted by Gasteiger charge is -2.34. The van der Waals surface area contributed by atoms with Crippen LogP contribution in [0.1, 0.15) is 56.6 Å². The van der Waals surface area contributed by atoms with Crippen LogP contribution in [0.5, 0.6) is 0 Å². The third kappa shape index (κ3) is 4.42. The minimum atomic E-state index is -0.747. The molecule has 2 atom stereocenters. The maximum absolute atomic E-state index is 13.2. The van der Waals surface area contributed by atoms with E-state index in [1.165, 1.54) is 31.4 Å². The van der Waals surface area contributed by atoms with Crippen molar-refractivity contribution in [2.75, 3.05) is 0 Å². The van der Waals surface area contributed by atoms with Gasteiger partial charge in [0.05, 0.1) is 6.04 Å². The summed E-state index contributed by atoms with van der Waals surface area (Å²) in [5.41, 5.74) is 0.945. The molecule has 0 spiro atoms. The van der Waals surface area contributed by atoms with Gasteiger partial charge in [0.2, 0.25) is 0 Å². The quantitative estimate of drug-likeness (QED) is 0.802. The van der Waals surface area contributed by atoms with Crippen LogP contribution in [0.2, 0.25) is 0 Å². The second-order valence-electron chi connectivity index (χ2n) is 7.03. The highest BCUT2D eigenvalue weighted by molar-refractivity contribution is 5.85. The molecule has 1 saturated heterocycles. The van der Waals surface area contributed by atoms with Gasteiger partial charge in [0.1, 0.15) is 17.8 Å². The van der Waals surface area contributed by atoms with E-state index in [9.17, 15) is 14.0 Å². The number of esters is 1. The summed E-state index contributed by atoms with van der Waals surface area (Å²) >= 11 is 0. The van der Waals surface area contributed by atoms with E-state index in [0.29, 0.717) is 11.3 Å². The summed E-state index contributed by atoms with van der Waals surface area (Å²) in [6, 6.07) is 4.69. The van der Waals surface area contributed by atoms with Crippen LogP contribution < -0.4 is 10.6 Å². The molecular weight excluding hydrogens is 335 g/mol. The van der Waals surface area contributed by atoms with Crippen molar-refractivity contribution in [3.8, 4) is 0 Å². The number of urea groups is 1. The van der Waals surface area contributed by atoms with E-state index in [1.54, 1.807) is 12.1 Å². The summed E-state index contributed by atoms with van der Waals surface area (Å²) in [6.07, 6.45) is 7.32. The number of rotatable bonds is 3. The average molecular weight is 360 g/mol. The zero-order valence-corrected chi connectivity index (χ0v) is 14.8. The van der Waals surface area contributed by atoms with Crippen molar-refractivity contribution in [1.82, 2.24) is 10.6 Å². The topological polar surface area (TPSA) is 67.4 Å². The number of amides is 2. The Morgan fingerprint density at radius 1 is 1.08 bits per heavy atom. The first-order valence-electron chi connectivity index (χ1n) is 9.27. The number of benzene rings is 1. The molecule has 2 amide bonds. The van der Waals surface area contributed by atoms with Crippen LogP contribution in [0.25, 0.3) is 0 Å². The van der Waals surface area contributed by atoms with Gasteiger partial charge in [-0.15, -0.1) is 0 Å². The number of carbonyl (C=O) groups excluding carboxylic acids is 2. The number of hydrogen-bond donors (Lipinski definition) is 2. The Labute approximate surface area is 153 Å². The van der Waals surface area contributed by atoms with Crippen LogP contribution in [-0.4, -0.2) is 18.1 Å². The summed E-state index contributed by atoms with van der Waals surface area (Å²) in [6.45, 7) is 3.84. The monoisotopic (exact) mass is 360 g/mol. The van der Waals surface area contributed by atoms with E-state index in [0.717, 1.165) is 25.7 Å². The van der Waals surface area contributed by atoms with Crippen molar-refractivity contribution in [2.24, 2.45) is 5.92 Å². The zero-order valence-electron chi connectivity index (χ0n) is 14.8. The Morgan fingerprint density at radius 2 is 1.69 bits per heavy atom. The Hall–Kier alpha value is -2.37. The molecule has 3 rings (SSSR count). The van der Waals surface area contributed by atoms with Gasteiger partial charge in [0.15, 0.2) is 0 Å². The van der Waals surface area contributed by atoms with Gasteiger partial charge in [-0.05, 0) is 43.4 Å². The molecule has 140 valence electrons. The summed E-state index contributed by atoms with van der Waals surface area (Å²) < 4.78 is 19.0. The van der Waals surface area contributed by atoms with Gasteiger partial charge in [-0.3, -0.25) is 4.79 Å². The van der Waals surface area contributed by atoms with E-state index < -0.39 is 24.0 Å². The molecule has 0 aromatic heterocycles. The number of halogens is 1. The van der Waals surface area contributed by atoms with Crippen molar-refractivity contribution in [2.45, 2.75) is 57.1 Å². The molecule has 1 aliphatic carbocycles. The molecule has 0 radical (unpaired) electrons. The van der Waals surface area contributed by atoms with E-state index >= 15 is 0 Å². The highest BCUT2D eigenvalue weighted by Crippen LogP contribution is 2.31. The van der Waals surface area contributed by atoms with Gasteiger partial charge in [-0.25, -0.2) is 9.18 Å². The summed E-state index contributed by atoms with van der Waals surface area (Å²) in [7, 11) is 0. The van der Waals surface area contributed by atoms with Gasteiger partial charge in [0.25, 0.3) is 0 Å². The average Bonchev–Trinajstić information content (AvgIpc) is 2.57. The van der Waals surface area contributed by atoms with Crippen LogP contribution in [0.3, 0.4) is 0 Å². The molecule has 1 aliphatic heterocycles. The second-order valence-corrected chi connectivity index (χ2v) is 7.03. The fourth-order valence-corrected chi connectivity index (χ4v) is 3.68. The minimum Gasteiger partial charge on any atom is -0.462 e. The summed E-state index contributed by atoms with van der Waals surface area (Å²) in [5.74, 6) is -1.52. The molecular formula is C20H25FN2O3. The van der Waals surface area contributed by atoms with Gasteiger partial charge in [-0.2, -0.15) is 0 Å². The van der Waals surface area contributed by atoms with Crippen molar-refractivity contribution in [3.63, 3.8) is 0 Å². The molecule has 6 heteroatoms. The Kier molecular flexibility index (Phi) is 5.91. The van der Waals surface area contributed by atoms with Crippen molar-refractivity contribution >= 4 is 12.0 Å². The smallest absolute Gasteiger partial charge is 0.319 e. The molecule has 0 bridgehead atoms. The largest absolute Gasteiger partial charge is 0.462 e. The summed E-state index contributed by atoms with van der Waals surface area (Å²) in [4.78, 5) is 24.7. The van der Waals surface area contributed by atoms with Crippen LogP contribution in [-0.2, 0) is 9.53 Å². The highest BCUT2D eigenvalue weighted by Gasteiger charge is 2.39. The maximum atomic E-state index is 13.2. The molecule has 5 nitrogen and oxygen atoms in total. The standard InChI is InChI=1S/C20H25FN2O3/c1-13-17(19(24)26-16-7-5-3-2-4-6-8-16)18(23-20(25)22-13)14-9-11-15(21)12-10-14/h9-12,16-18H,1-8H2,(H2,22,23,25). The molecule has 2 N–H and O–H groups in total. The van der Waals surface area contributed by atoms with Gasteiger partial charge < -0.3 is 15.4 Å². The predicted molar refractivity (Wildman–Crippen MR) is 95.6 cm³/mol.